The highest BCUT2D eigenvalue weighted by Crippen LogP contribution is 2.26. The van der Waals surface area contributed by atoms with Gasteiger partial charge in [-0.25, -0.2) is 13.2 Å². The van der Waals surface area contributed by atoms with Crippen LogP contribution in [0.15, 0.2) is 56.9 Å². The first-order valence-corrected chi connectivity index (χ1v) is 12.4. The van der Waals surface area contributed by atoms with Crippen LogP contribution in [0.2, 0.25) is 0 Å². The van der Waals surface area contributed by atoms with E-state index in [-0.39, 0.29) is 34.8 Å². The van der Waals surface area contributed by atoms with Crippen LogP contribution in [0.3, 0.4) is 0 Å². The highest BCUT2D eigenvalue weighted by molar-refractivity contribution is 7.92. The number of methoxy groups -OCH3 is 1. The lowest BCUT2D eigenvalue weighted by Crippen LogP contribution is -2.40. The number of amides is 1. The van der Waals surface area contributed by atoms with Gasteiger partial charge in [-0.3, -0.25) is 23.4 Å². The van der Waals surface area contributed by atoms with E-state index in [0.717, 1.165) is 17.4 Å². The molecule has 0 bridgehead atoms. The minimum Gasteiger partial charge on any atom is -0.495 e. The molecule has 1 aliphatic rings. The van der Waals surface area contributed by atoms with E-state index in [0.29, 0.717) is 24.4 Å². The maximum absolute atomic E-state index is 13.2. The lowest BCUT2D eigenvalue weighted by atomic mass is 10.2. The van der Waals surface area contributed by atoms with E-state index in [1.165, 1.54) is 36.9 Å². The van der Waals surface area contributed by atoms with Gasteiger partial charge >= 0.3 is 5.69 Å². The monoisotopic (exact) mass is 486 g/mol. The molecule has 1 aliphatic heterocycles. The molecule has 1 amide bonds. The Morgan fingerprint density at radius 2 is 1.79 bits per heavy atom. The second-order valence-electron chi connectivity index (χ2n) is 8.12. The first kappa shape index (κ1) is 23.6. The summed E-state index contributed by atoms with van der Waals surface area (Å²) >= 11 is 0. The van der Waals surface area contributed by atoms with Gasteiger partial charge in [0.25, 0.3) is 15.6 Å². The molecule has 2 aromatic carbocycles. The molecule has 3 aromatic rings. The molecule has 0 unspecified atom stereocenters. The van der Waals surface area contributed by atoms with Gasteiger partial charge in [0.05, 0.1) is 28.6 Å². The van der Waals surface area contributed by atoms with Crippen molar-refractivity contribution in [1.29, 1.82) is 0 Å². The summed E-state index contributed by atoms with van der Waals surface area (Å²) in [6.07, 6.45) is 1.92. The zero-order valence-electron chi connectivity index (χ0n) is 19.0. The van der Waals surface area contributed by atoms with Gasteiger partial charge < -0.3 is 9.64 Å². The van der Waals surface area contributed by atoms with Gasteiger partial charge in [-0.2, -0.15) is 0 Å². The molecule has 1 saturated heterocycles. The van der Waals surface area contributed by atoms with Gasteiger partial charge in [0.2, 0.25) is 5.91 Å². The number of sulfonamides is 1. The van der Waals surface area contributed by atoms with Crippen LogP contribution in [0.5, 0.6) is 5.75 Å². The van der Waals surface area contributed by atoms with Crippen molar-refractivity contribution < 1.29 is 17.9 Å². The fourth-order valence-electron chi connectivity index (χ4n) is 4.12. The number of nitrogens with one attached hydrogen (secondary N) is 1. The Morgan fingerprint density at radius 3 is 2.50 bits per heavy atom. The van der Waals surface area contributed by atoms with Gasteiger partial charge in [-0.1, -0.05) is 12.1 Å². The Labute approximate surface area is 196 Å². The van der Waals surface area contributed by atoms with Crippen LogP contribution in [0.4, 0.5) is 5.69 Å². The number of carbonyl (C=O) groups is 1. The predicted molar refractivity (Wildman–Crippen MR) is 128 cm³/mol. The number of para-hydroxylation sites is 2. The first-order chi connectivity index (χ1) is 16.2. The molecule has 1 N–H and O–H groups in total. The Hall–Kier alpha value is -3.60. The van der Waals surface area contributed by atoms with Gasteiger partial charge in [0.15, 0.2) is 0 Å². The van der Waals surface area contributed by atoms with E-state index in [2.05, 4.69) is 4.72 Å². The van der Waals surface area contributed by atoms with E-state index in [4.69, 9.17) is 4.74 Å². The zero-order chi connectivity index (χ0) is 24.5. The first-order valence-electron chi connectivity index (χ1n) is 10.9. The van der Waals surface area contributed by atoms with Crippen LogP contribution in [0.25, 0.3) is 10.9 Å². The van der Waals surface area contributed by atoms with Crippen LogP contribution >= 0.6 is 0 Å². The third-order valence-electron chi connectivity index (χ3n) is 5.99. The minimum atomic E-state index is -4.05. The van der Waals surface area contributed by atoms with Crippen LogP contribution in [-0.2, 0) is 28.4 Å². The quantitative estimate of drug-likeness (QED) is 0.541. The number of benzene rings is 2. The van der Waals surface area contributed by atoms with Crippen LogP contribution in [0.1, 0.15) is 19.3 Å². The molecule has 11 heteroatoms. The van der Waals surface area contributed by atoms with E-state index in [1.807, 2.05) is 0 Å². The molecule has 0 radical (unpaired) electrons. The molecule has 1 fully saturated rings. The number of hydrogen-bond acceptors (Lipinski definition) is 6. The summed E-state index contributed by atoms with van der Waals surface area (Å²) < 4.78 is 36.0. The number of nitrogens with zero attached hydrogens (tertiary/aromatic N) is 3. The van der Waals surface area contributed by atoms with E-state index >= 15 is 0 Å². The molecule has 4 rings (SSSR count). The highest BCUT2D eigenvalue weighted by Gasteiger charge is 2.21. The highest BCUT2D eigenvalue weighted by atomic mass is 32.2. The number of aryl methyl sites for hydroxylation is 1. The fourth-order valence-corrected chi connectivity index (χ4v) is 5.22. The Kier molecular flexibility index (Phi) is 6.47. The van der Waals surface area contributed by atoms with Crippen molar-refractivity contribution in [3.8, 4) is 5.75 Å². The van der Waals surface area contributed by atoms with Crippen LogP contribution in [-0.4, -0.2) is 48.6 Å². The SMILES string of the molecule is COc1ccccc1NS(=O)(=O)c1ccc2c(c1)c(=O)n(CCC(=O)N1CCCC1)c(=O)n2C. The normalized spacial score (nSPS) is 13.9. The Morgan fingerprint density at radius 1 is 1.09 bits per heavy atom. The van der Waals surface area contributed by atoms with Crippen molar-refractivity contribution in [1.82, 2.24) is 14.0 Å². The van der Waals surface area contributed by atoms with E-state index in [9.17, 15) is 22.8 Å². The lowest BCUT2D eigenvalue weighted by molar-refractivity contribution is -0.130. The van der Waals surface area contributed by atoms with Crippen LogP contribution < -0.4 is 20.7 Å². The number of fused-ring (bicyclic) bond motifs is 1. The van der Waals surface area contributed by atoms with Gasteiger partial charge in [0.1, 0.15) is 5.75 Å². The third-order valence-corrected chi connectivity index (χ3v) is 7.36. The number of anilines is 1. The molecule has 10 nitrogen and oxygen atoms in total. The molecule has 0 saturated carbocycles. The summed E-state index contributed by atoms with van der Waals surface area (Å²) in [7, 11) is -1.12. The van der Waals surface area contributed by atoms with Crippen LogP contribution in [0, 0.1) is 0 Å². The van der Waals surface area contributed by atoms with Crippen molar-refractivity contribution in [2.24, 2.45) is 7.05 Å². The van der Waals surface area contributed by atoms with Crippen molar-refractivity contribution in [3.63, 3.8) is 0 Å². The Balaban J connectivity index is 1.70. The number of aromatic nitrogens is 2. The zero-order valence-corrected chi connectivity index (χ0v) is 19.8. The molecule has 0 aliphatic carbocycles. The molecule has 2 heterocycles. The summed E-state index contributed by atoms with van der Waals surface area (Å²) in [5.74, 6) is 0.239. The van der Waals surface area contributed by atoms with Gasteiger partial charge in [-0.05, 0) is 43.2 Å². The summed E-state index contributed by atoms with van der Waals surface area (Å²) in [6.45, 7) is 1.29. The largest absolute Gasteiger partial charge is 0.495 e. The average molecular weight is 487 g/mol. The molecule has 0 spiro atoms. The number of rotatable bonds is 7. The maximum atomic E-state index is 13.2. The molecular formula is C23H26N4O6S. The molecule has 0 atom stereocenters. The topological polar surface area (TPSA) is 120 Å². The summed E-state index contributed by atoms with van der Waals surface area (Å²) in [4.78, 5) is 39.9. The summed E-state index contributed by atoms with van der Waals surface area (Å²) in [5.41, 5.74) is -0.645. The number of likely N-dealkylation sites (tertiary alicyclic amines) is 1. The van der Waals surface area contributed by atoms with E-state index in [1.54, 1.807) is 29.2 Å². The Bertz CT molecular complexity index is 1470. The van der Waals surface area contributed by atoms with Gasteiger partial charge in [0, 0.05) is 33.1 Å². The average Bonchev–Trinajstić information content (AvgIpc) is 3.37. The van der Waals surface area contributed by atoms with Crippen molar-refractivity contribution >= 4 is 32.5 Å². The standard InChI is InChI=1S/C23H26N4O6S/c1-25-19-10-9-16(34(31,32)24-18-7-3-4-8-20(18)33-2)15-17(19)22(29)27(23(25)30)14-11-21(28)26-12-5-6-13-26/h3-4,7-10,15,24H,5-6,11-14H2,1-2H3. The number of hydrogen-bond donors (Lipinski definition) is 1. The summed E-state index contributed by atoms with van der Waals surface area (Å²) in [5, 5.41) is 0.0682. The lowest BCUT2D eigenvalue weighted by Gasteiger charge is -2.16. The predicted octanol–water partition coefficient (Wildman–Crippen LogP) is 1.52. The molecule has 180 valence electrons. The smallest absolute Gasteiger partial charge is 0.331 e. The van der Waals surface area contributed by atoms with Crippen molar-refractivity contribution in [2.75, 3.05) is 24.9 Å². The number of carbonyl (C=O) groups excluding carboxylic acids is 1. The van der Waals surface area contributed by atoms with E-state index < -0.39 is 21.3 Å². The van der Waals surface area contributed by atoms with Crippen molar-refractivity contribution in [2.45, 2.75) is 30.7 Å². The fraction of sp³-hybridized carbons (Fsp3) is 0.348. The minimum absolute atomic E-state index is 0.0218. The molecular weight excluding hydrogens is 460 g/mol. The maximum Gasteiger partial charge on any atom is 0.331 e. The second-order valence-corrected chi connectivity index (χ2v) is 9.80. The third kappa shape index (κ3) is 4.43. The molecule has 1 aromatic heterocycles. The van der Waals surface area contributed by atoms with Crippen molar-refractivity contribution in [3.05, 3.63) is 63.3 Å². The van der Waals surface area contributed by atoms with Gasteiger partial charge in [-0.15, -0.1) is 0 Å². The number of ether oxygens (including phenoxy) is 1. The summed E-state index contributed by atoms with van der Waals surface area (Å²) in [6, 6.07) is 10.6. The molecule has 34 heavy (non-hydrogen) atoms. The second kappa shape index (κ2) is 9.34.